The second-order valence-electron chi connectivity index (χ2n) is 4.11. The van der Waals surface area contributed by atoms with E-state index in [1.807, 2.05) is 6.92 Å². The standard InChI is InChI=1S/C13H9Cl2F3N2/c1-2-3-7-11(14)19-13(20-12(7)15)6-4-8(16)10(18)9(17)5-6/h4-5H,2-3H2,1H3. The van der Waals surface area contributed by atoms with Crippen molar-refractivity contribution in [2.24, 2.45) is 0 Å². The van der Waals surface area contributed by atoms with Crippen molar-refractivity contribution in [1.29, 1.82) is 0 Å². The summed E-state index contributed by atoms with van der Waals surface area (Å²) in [5.74, 6) is -4.26. The maximum Gasteiger partial charge on any atom is 0.194 e. The third kappa shape index (κ3) is 2.88. The van der Waals surface area contributed by atoms with E-state index in [2.05, 4.69) is 9.97 Å². The van der Waals surface area contributed by atoms with Gasteiger partial charge in [0.2, 0.25) is 0 Å². The first kappa shape index (κ1) is 15.1. The lowest BCUT2D eigenvalue weighted by Gasteiger charge is -2.08. The Hall–Kier alpha value is -1.33. The molecule has 0 aliphatic carbocycles. The van der Waals surface area contributed by atoms with Gasteiger partial charge in [-0.2, -0.15) is 0 Å². The molecule has 0 aliphatic heterocycles. The number of rotatable bonds is 3. The monoisotopic (exact) mass is 320 g/mol. The van der Waals surface area contributed by atoms with Crippen molar-refractivity contribution in [3.05, 3.63) is 45.5 Å². The molecule has 2 aromatic rings. The molecule has 0 unspecified atom stereocenters. The molecular formula is C13H9Cl2F3N2. The smallest absolute Gasteiger partial charge is 0.194 e. The highest BCUT2D eigenvalue weighted by Crippen LogP contribution is 2.28. The zero-order chi connectivity index (χ0) is 14.9. The number of hydrogen-bond donors (Lipinski definition) is 0. The average molecular weight is 321 g/mol. The Balaban J connectivity index is 2.54. The lowest BCUT2D eigenvalue weighted by molar-refractivity contribution is 0.447. The highest BCUT2D eigenvalue weighted by molar-refractivity contribution is 6.34. The summed E-state index contributed by atoms with van der Waals surface area (Å²) in [5, 5.41) is 0.235. The fraction of sp³-hybridized carbons (Fsp3) is 0.231. The number of aromatic nitrogens is 2. The molecule has 2 nitrogen and oxygen atoms in total. The van der Waals surface area contributed by atoms with Crippen LogP contribution >= 0.6 is 23.2 Å². The summed E-state index contributed by atoms with van der Waals surface area (Å²) in [5.41, 5.74) is 0.538. The highest BCUT2D eigenvalue weighted by atomic mass is 35.5. The van der Waals surface area contributed by atoms with Crippen LogP contribution in [0.3, 0.4) is 0 Å². The predicted octanol–water partition coefficient (Wildman–Crippen LogP) is 4.82. The van der Waals surface area contributed by atoms with Crippen molar-refractivity contribution in [2.45, 2.75) is 19.8 Å². The minimum Gasteiger partial charge on any atom is -0.216 e. The van der Waals surface area contributed by atoms with Gasteiger partial charge < -0.3 is 0 Å². The van der Waals surface area contributed by atoms with Gasteiger partial charge in [0.1, 0.15) is 10.3 Å². The van der Waals surface area contributed by atoms with E-state index in [1.165, 1.54) is 0 Å². The summed E-state index contributed by atoms with van der Waals surface area (Å²) in [4.78, 5) is 7.90. The maximum absolute atomic E-state index is 13.2. The van der Waals surface area contributed by atoms with E-state index < -0.39 is 17.5 Å². The Labute approximate surface area is 123 Å². The van der Waals surface area contributed by atoms with Crippen LogP contribution in [0.4, 0.5) is 13.2 Å². The molecule has 0 spiro atoms. The van der Waals surface area contributed by atoms with Crippen LogP contribution in [-0.4, -0.2) is 9.97 Å². The Morgan fingerprint density at radius 3 is 1.95 bits per heavy atom. The maximum atomic E-state index is 13.2. The largest absolute Gasteiger partial charge is 0.216 e. The van der Waals surface area contributed by atoms with Crippen molar-refractivity contribution in [3.8, 4) is 11.4 Å². The van der Waals surface area contributed by atoms with Crippen LogP contribution < -0.4 is 0 Å². The quantitative estimate of drug-likeness (QED) is 0.598. The first-order valence-corrected chi connectivity index (χ1v) is 6.56. The van der Waals surface area contributed by atoms with E-state index in [0.717, 1.165) is 18.6 Å². The second-order valence-corrected chi connectivity index (χ2v) is 4.83. The first-order valence-electron chi connectivity index (χ1n) is 5.80. The van der Waals surface area contributed by atoms with Gasteiger partial charge in [0.25, 0.3) is 0 Å². The van der Waals surface area contributed by atoms with Crippen LogP contribution in [0, 0.1) is 17.5 Å². The van der Waals surface area contributed by atoms with Gasteiger partial charge in [0.15, 0.2) is 23.3 Å². The minimum atomic E-state index is -1.55. The zero-order valence-corrected chi connectivity index (χ0v) is 11.9. The number of halogens is 5. The molecule has 0 bridgehead atoms. The number of benzene rings is 1. The molecule has 106 valence electrons. The molecule has 0 N–H and O–H groups in total. The Kier molecular flexibility index (Phi) is 4.50. The zero-order valence-electron chi connectivity index (χ0n) is 10.4. The van der Waals surface area contributed by atoms with Crippen molar-refractivity contribution in [2.75, 3.05) is 0 Å². The molecule has 0 saturated carbocycles. The summed E-state index contributed by atoms with van der Waals surface area (Å²) in [6, 6.07) is 1.58. The van der Waals surface area contributed by atoms with Gasteiger partial charge in [-0.3, -0.25) is 0 Å². The SMILES string of the molecule is CCCc1c(Cl)nc(-c2cc(F)c(F)c(F)c2)nc1Cl. The molecule has 1 aromatic heterocycles. The fourth-order valence-electron chi connectivity index (χ4n) is 1.70. The molecule has 0 radical (unpaired) electrons. The Morgan fingerprint density at radius 2 is 1.50 bits per heavy atom. The molecule has 0 amide bonds. The molecule has 20 heavy (non-hydrogen) atoms. The van der Waals surface area contributed by atoms with Gasteiger partial charge in [-0.05, 0) is 18.6 Å². The van der Waals surface area contributed by atoms with E-state index in [1.54, 1.807) is 0 Å². The van der Waals surface area contributed by atoms with Crippen LogP contribution in [0.25, 0.3) is 11.4 Å². The van der Waals surface area contributed by atoms with Crippen LogP contribution in [0.5, 0.6) is 0 Å². The van der Waals surface area contributed by atoms with Gasteiger partial charge in [-0.15, -0.1) is 0 Å². The van der Waals surface area contributed by atoms with Crippen LogP contribution in [-0.2, 0) is 6.42 Å². The Morgan fingerprint density at radius 1 is 1.00 bits per heavy atom. The van der Waals surface area contributed by atoms with Gasteiger partial charge in [0.05, 0.1) is 0 Å². The third-order valence-corrected chi connectivity index (χ3v) is 3.27. The van der Waals surface area contributed by atoms with Gasteiger partial charge in [-0.1, -0.05) is 36.5 Å². The van der Waals surface area contributed by atoms with Crippen molar-refractivity contribution in [3.63, 3.8) is 0 Å². The van der Waals surface area contributed by atoms with Crippen LogP contribution in [0.1, 0.15) is 18.9 Å². The van der Waals surface area contributed by atoms with E-state index in [0.29, 0.717) is 12.0 Å². The van der Waals surface area contributed by atoms with Crippen LogP contribution in [0.15, 0.2) is 12.1 Å². The van der Waals surface area contributed by atoms with Gasteiger partial charge in [0, 0.05) is 11.1 Å². The van der Waals surface area contributed by atoms with Crippen molar-refractivity contribution in [1.82, 2.24) is 9.97 Å². The van der Waals surface area contributed by atoms with E-state index in [9.17, 15) is 13.2 Å². The normalized spacial score (nSPS) is 10.9. The molecule has 0 fully saturated rings. The van der Waals surface area contributed by atoms with Gasteiger partial charge in [-0.25, -0.2) is 23.1 Å². The van der Waals surface area contributed by atoms with E-state index in [4.69, 9.17) is 23.2 Å². The molecular weight excluding hydrogens is 312 g/mol. The second kappa shape index (κ2) is 5.97. The summed E-state index contributed by atoms with van der Waals surface area (Å²) in [7, 11) is 0. The average Bonchev–Trinajstić information content (AvgIpc) is 2.39. The number of nitrogens with zero attached hydrogens (tertiary/aromatic N) is 2. The van der Waals surface area contributed by atoms with Crippen LogP contribution in [0.2, 0.25) is 10.3 Å². The molecule has 1 heterocycles. The van der Waals surface area contributed by atoms with Crippen molar-refractivity contribution >= 4 is 23.2 Å². The predicted molar refractivity (Wildman–Crippen MR) is 71.4 cm³/mol. The lowest BCUT2D eigenvalue weighted by Crippen LogP contribution is -1.99. The number of hydrogen-bond acceptors (Lipinski definition) is 2. The van der Waals surface area contributed by atoms with E-state index in [-0.39, 0.29) is 21.7 Å². The Bertz CT molecular complexity index is 616. The first-order chi connectivity index (χ1) is 9.43. The molecule has 1 aromatic carbocycles. The molecule has 7 heteroatoms. The summed E-state index contributed by atoms with van der Waals surface area (Å²) in [6.07, 6.45) is 1.38. The molecule has 0 atom stereocenters. The topological polar surface area (TPSA) is 25.8 Å². The van der Waals surface area contributed by atoms with Gasteiger partial charge >= 0.3 is 0 Å². The molecule has 0 aliphatic rings. The highest BCUT2D eigenvalue weighted by Gasteiger charge is 2.16. The molecule has 0 saturated heterocycles. The lowest BCUT2D eigenvalue weighted by atomic mass is 10.1. The minimum absolute atomic E-state index is 0.0340. The van der Waals surface area contributed by atoms with E-state index >= 15 is 0 Å². The summed E-state index contributed by atoms with van der Waals surface area (Å²) in [6.45, 7) is 1.94. The summed E-state index contributed by atoms with van der Waals surface area (Å²) < 4.78 is 39.3. The van der Waals surface area contributed by atoms with Crippen molar-refractivity contribution < 1.29 is 13.2 Å². The fourth-order valence-corrected chi connectivity index (χ4v) is 2.28. The third-order valence-electron chi connectivity index (χ3n) is 2.65. The molecule has 2 rings (SSSR count). The summed E-state index contributed by atoms with van der Waals surface area (Å²) >= 11 is 12.0.